The summed E-state index contributed by atoms with van der Waals surface area (Å²) >= 11 is 1.39. The Balaban J connectivity index is 0.000000720. The largest absolute Gasteiger partial charge is 0.294 e. The van der Waals surface area contributed by atoms with Crippen LogP contribution in [0.25, 0.3) is 11.4 Å². The molecule has 0 fully saturated rings. The zero-order valence-electron chi connectivity index (χ0n) is 6.32. The van der Waals surface area contributed by atoms with Crippen molar-refractivity contribution in [2.45, 2.75) is 0 Å². The van der Waals surface area contributed by atoms with E-state index in [4.69, 9.17) is 0 Å². The van der Waals surface area contributed by atoms with E-state index < -0.39 is 0 Å². The molecule has 0 aliphatic heterocycles. The van der Waals surface area contributed by atoms with E-state index in [0.29, 0.717) is 0 Å². The summed E-state index contributed by atoms with van der Waals surface area (Å²) in [4.78, 5) is 0. The van der Waals surface area contributed by atoms with Crippen molar-refractivity contribution in [3.05, 3.63) is 23.7 Å². The summed E-state index contributed by atoms with van der Waals surface area (Å²) in [5.41, 5.74) is 1.71. The third-order valence-corrected chi connectivity index (χ3v) is 1.86. The second kappa shape index (κ2) is 3.94. The first-order valence-electron chi connectivity index (χ1n) is 3.18. The Morgan fingerprint density at radius 1 is 1.58 bits per heavy atom. The maximum atomic E-state index is 4.18. The van der Waals surface area contributed by atoms with Crippen molar-refractivity contribution in [3.63, 3.8) is 0 Å². The van der Waals surface area contributed by atoms with E-state index in [1.807, 2.05) is 24.7 Å². The summed E-state index contributed by atoms with van der Waals surface area (Å²) in [5.74, 6) is 0. The van der Waals surface area contributed by atoms with Crippen LogP contribution in [0.4, 0.5) is 0 Å². The van der Waals surface area contributed by atoms with Gasteiger partial charge in [0, 0.05) is 33.3 Å². The topological polar surface area (TPSA) is 30.7 Å². The smallest absolute Gasteiger partial charge is 0.0279 e. The Morgan fingerprint density at radius 3 is 2.92 bits per heavy atom. The molecule has 1 radical (unpaired) electrons. The van der Waals surface area contributed by atoms with Crippen molar-refractivity contribution in [2.24, 2.45) is 7.05 Å². The first kappa shape index (κ1) is 9.58. The van der Waals surface area contributed by atoms with Crippen molar-refractivity contribution >= 4 is 11.5 Å². The quantitative estimate of drug-likeness (QED) is 0.722. The van der Waals surface area contributed by atoms with Gasteiger partial charge < -0.3 is 0 Å². The molecule has 2 heterocycles. The van der Waals surface area contributed by atoms with Gasteiger partial charge in [-0.3, -0.25) is 9.78 Å². The average Bonchev–Trinajstić information content (AvgIpc) is 2.55. The van der Waals surface area contributed by atoms with Gasteiger partial charge in [0.2, 0.25) is 0 Å². The van der Waals surface area contributed by atoms with Gasteiger partial charge in [-0.15, -0.1) is 0 Å². The fraction of sp³-hybridized carbons (Fsp3) is 0.143. The number of hydrogen-bond donors (Lipinski definition) is 0. The molecule has 0 saturated heterocycles. The molecule has 0 amide bonds. The Bertz CT molecular complexity index is 341. The molecular formula is C7H6IrN3S-. The zero-order chi connectivity index (χ0) is 7.68. The molecule has 0 bridgehead atoms. The van der Waals surface area contributed by atoms with Crippen LogP contribution in [-0.4, -0.2) is 14.2 Å². The van der Waals surface area contributed by atoms with Gasteiger partial charge in [0.05, 0.1) is 0 Å². The van der Waals surface area contributed by atoms with Gasteiger partial charge in [-0.1, -0.05) is 28.7 Å². The van der Waals surface area contributed by atoms with E-state index in [1.165, 1.54) is 11.5 Å². The van der Waals surface area contributed by atoms with Gasteiger partial charge in [-0.05, 0) is 5.69 Å². The molecular weight excluding hydrogens is 350 g/mol. The van der Waals surface area contributed by atoms with Gasteiger partial charge in [-0.2, -0.15) is 0 Å². The fourth-order valence-corrected chi connectivity index (χ4v) is 1.32. The zero-order valence-corrected chi connectivity index (χ0v) is 9.53. The fourth-order valence-electron chi connectivity index (χ4n) is 0.850. The molecule has 65 valence electrons. The third kappa shape index (κ3) is 1.80. The molecule has 2 aromatic heterocycles. The number of hydrogen-bond acceptors (Lipinski definition) is 3. The van der Waals surface area contributed by atoms with Crippen LogP contribution in [0, 0.1) is 6.07 Å². The van der Waals surface area contributed by atoms with E-state index in [1.54, 1.807) is 4.68 Å². The SMILES string of the molecule is Cn1ccc(-c2[c-]csn2)n1.[Ir]. The average molecular weight is 356 g/mol. The number of nitrogens with zero attached hydrogens (tertiary/aromatic N) is 3. The van der Waals surface area contributed by atoms with Crippen LogP contribution in [0.1, 0.15) is 0 Å². The Kier molecular flexibility index (Phi) is 3.14. The van der Waals surface area contributed by atoms with Crippen molar-refractivity contribution in [1.82, 2.24) is 14.2 Å². The second-order valence-corrected chi connectivity index (χ2v) is 2.81. The van der Waals surface area contributed by atoms with Gasteiger partial charge >= 0.3 is 0 Å². The molecule has 0 aliphatic rings. The molecule has 0 aliphatic carbocycles. The summed E-state index contributed by atoms with van der Waals surface area (Å²) in [5, 5.41) is 6.01. The summed E-state index contributed by atoms with van der Waals surface area (Å²) in [6.45, 7) is 0. The van der Waals surface area contributed by atoms with Crippen molar-refractivity contribution in [3.8, 4) is 11.4 Å². The minimum Gasteiger partial charge on any atom is -0.294 e. The van der Waals surface area contributed by atoms with E-state index in [9.17, 15) is 0 Å². The van der Waals surface area contributed by atoms with Gasteiger partial charge in [0.1, 0.15) is 0 Å². The summed E-state index contributed by atoms with van der Waals surface area (Å²) in [6, 6.07) is 4.92. The maximum Gasteiger partial charge on any atom is 0.0279 e. The van der Waals surface area contributed by atoms with Crippen LogP contribution >= 0.6 is 11.5 Å². The van der Waals surface area contributed by atoms with Crippen LogP contribution in [0.15, 0.2) is 17.6 Å². The van der Waals surface area contributed by atoms with Gasteiger partial charge in [0.15, 0.2) is 0 Å². The van der Waals surface area contributed by atoms with Crippen LogP contribution in [0.5, 0.6) is 0 Å². The standard InChI is InChI=1S/C7H6N3S.Ir/c1-10-4-2-6(8-10)7-3-5-11-9-7;/h2,4-5H,1H3;/q-1;. The number of rotatable bonds is 1. The first-order valence-corrected chi connectivity index (χ1v) is 4.02. The van der Waals surface area contributed by atoms with Crippen LogP contribution in [0.2, 0.25) is 0 Å². The number of aryl methyl sites for hydroxylation is 1. The van der Waals surface area contributed by atoms with Crippen LogP contribution < -0.4 is 0 Å². The predicted molar refractivity (Wildman–Crippen MR) is 43.2 cm³/mol. The van der Waals surface area contributed by atoms with E-state index in [0.717, 1.165) is 11.4 Å². The summed E-state index contributed by atoms with van der Waals surface area (Å²) < 4.78 is 5.86. The maximum absolute atomic E-state index is 4.18. The minimum atomic E-state index is 0. The first-order chi connectivity index (χ1) is 5.36. The molecule has 5 heteroatoms. The molecule has 0 saturated carbocycles. The van der Waals surface area contributed by atoms with Crippen LogP contribution in [-0.2, 0) is 27.2 Å². The van der Waals surface area contributed by atoms with E-state index in [2.05, 4.69) is 15.5 Å². The summed E-state index contributed by atoms with van der Waals surface area (Å²) in [6.07, 6.45) is 1.89. The number of aromatic nitrogens is 3. The predicted octanol–water partition coefficient (Wildman–Crippen LogP) is 1.34. The molecule has 12 heavy (non-hydrogen) atoms. The molecule has 3 nitrogen and oxygen atoms in total. The second-order valence-electron chi connectivity index (χ2n) is 2.18. The third-order valence-electron chi connectivity index (χ3n) is 1.35. The monoisotopic (exact) mass is 357 g/mol. The van der Waals surface area contributed by atoms with E-state index in [-0.39, 0.29) is 20.1 Å². The van der Waals surface area contributed by atoms with Gasteiger partial charge in [0.25, 0.3) is 0 Å². The van der Waals surface area contributed by atoms with E-state index >= 15 is 0 Å². The Labute approximate surface area is 87.9 Å². The summed E-state index contributed by atoms with van der Waals surface area (Å²) in [7, 11) is 1.88. The molecule has 0 spiro atoms. The molecule has 2 aromatic rings. The van der Waals surface area contributed by atoms with Crippen molar-refractivity contribution in [2.75, 3.05) is 0 Å². The van der Waals surface area contributed by atoms with Crippen molar-refractivity contribution < 1.29 is 20.1 Å². The van der Waals surface area contributed by atoms with Crippen LogP contribution in [0.3, 0.4) is 0 Å². The molecule has 0 unspecified atom stereocenters. The molecule has 0 aromatic carbocycles. The molecule has 0 atom stereocenters. The normalized spacial score (nSPS) is 9.42. The van der Waals surface area contributed by atoms with Gasteiger partial charge in [-0.25, -0.2) is 10.4 Å². The Hall–Kier alpha value is -0.511. The minimum absolute atomic E-state index is 0. The molecule has 2 rings (SSSR count). The Morgan fingerprint density at radius 2 is 2.42 bits per heavy atom. The molecule has 0 N–H and O–H groups in total. The van der Waals surface area contributed by atoms with Crippen molar-refractivity contribution in [1.29, 1.82) is 0 Å².